The Bertz CT molecular complexity index is 1150. The van der Waals surface area contributed by atoms with E-state index in [2.05, 4.69) is 20.1 Å². The summed E-state index contributed by atoms with van der Waals surface area (Å²) in [6, 6.07) is 11.7. The number of piperidine rings is 1. The van der Waals surface area contributed by atoms with Crippen LogP contribution in [0.5, 0.6) is 0 Å². The van der Waals surface area contributed by atoms with Crippen LogP contribution in [0.4, 0.5) is 19.4 Å². The molecule has 2 aromatic heterocycles. The molecule has 2 aliphatic heterocycles. The molecule has 7 nitrogen and oxygen atoms in total. The lowest BCUT2D eigenvalue weighted by atomic mass is 10.1. The Morgan fingerprint density at radius 1 is 0.970 bits per heavy atom. The molecule has 2 aliphatic rings. The van der Waals surface area contributed by atoms with E-state index in [0.717, 1.165) is 27.8 Å². The van der Waals surface area contributed by atoms with Crippen LogP contribution in [0.25, 0.3) is 22.0 Å². The van der Waals surface area contributed by atoms with Crippen molar-refractivity contribution in [3.8, 4) is 11.3 Å². The number of likely N-dealkylation sites (tertiary alicyclic amines) is 1. The fourth-order valence-electron chi connectivity index (χ4n) is 4.68. The number of fused-ring (bicyclic) bond motifs is 1. The molecule has 33 heavy (non-hydrogen) atoms. The minimum atomic E-state index is -2.66. The van der Waals surface area contributed by atoms with Crippen molar-refractivity contribution in [2.45, 2.75) is 31.7 Å². The molecule has 1 atom stereocenters. The Kier molecular flexibility index (Phi) is 5.55. The summed E-state index contributed by atoms with van der Waals surface area (Å²) >= 11 is 0. The number of alkyl halides is 2. The van der Waals surface area contributed by atoms with Gasteiger partial charge < -0.3 is 14.7 Å². The average molecular weight is 453 g/mol. The van der Waals surface area contributed by atoms with Gasteiger partial charge in [-0.2, -0.15) is 0 Å². The second kappa shape index (κ2) is 8.53. The number of benzene rings is 1. The smallest absolute Gasteiger partial charge is 0.320 e. The third-order valence-electron chi connectivity index (χ3n) is 6.54. The number of carbonyl (C=O) groups excluding carboxylic acids is 1. The molecule has 0 saturated carbocycles. The monoisotopic (exact) mass is 452 g/mol. The number of anilines is 1. The number of urea groups is 1. The summed E-state index contributed by atoms with van der Waals surface area (Å²) in [6.07, 6.45) is 3.03. The summed E-state index contributed by atoms with van der Waals surface area (Å²) in [5, 5.41) is 11.0. The molecule has 2 saturated heterocycles. The largest absolute Gasteiger partial charge is 0.348 e. The molecular weight excluding hydrogens is 426 g/mol. The SMILES string of the molecule is CC1CN(C(=O)N2CCC(F)(F)CC2)CCN1c1nnc(-c2ccccc2)c2ccncc12. The number of pyridine rings is 1. The molecule has 3 aromatic rings. The lowest BCUT2D eigenvalue weighted by Gasteiger charge is -2.43. The molecule has 1 aromatic carbocycles. The number of halogens is 2. The predicted octanol–water partition coefficient (Wildman–Crippen LogP) is 4.05. The predicted molar refractivity (Wildman–Crippen MR) is 122 cm³/mol. The molecule has 0 aliphatic carbocycles. The van der Waals surface area contributed by atoms with Gasteiger partial charge in [0.1, 0.15) is 5.69 Å². The van der Waals surface area contributed by atoms with Crippen LogP contribution in [-0.2, 0) is 0 Å². The zero-order valence-corrected chi connectivity index (χ0v) is 18.5. The fourth-order valence-corrected chi connectivity index (χ4v) is 4.68. The molecule has 172 valence electrons. The first-order chi connectivity index (χ1) is 15.9. The Morgan fingerprint density at radius 2 is 1.73 bits per heavy atom. The normalized spacial score (nSPS) is 20.8. The topological polar surface area (TPSA) is 65.5 Å². The Labute approximate surface area is 191 Å². The van der Waals surface area contributed by atoms with E-state index in [4.69, 9.17) is 0 Å². The van der Waals surface area contributed by atoms with Gasteiger partial charge in [0.05, 0.1) is 0 Å². The molecule has 0 N–H and O–H groups in total. The maximum atomic E-state index is 13.5. The van der Waals surface area contributed by atoms with Gasteiger partial charge in [-0.25, -0.2) is 13.6 Å². The number of piperazine rings is 1. The van der Waals surface area contributed by atoms with E-state index < -0.39 is 5.92 Å². The highest BCUT2D eigenvalue weighted by atomic mass is 19.3. The maximum Gasteiger partial charge on any atom is 0.320 e. The van der Waals surface area contributed by atoms with E-state index in [9.17, 15) is 13.6 Å². The third-order valence-corrected chi connectivity index (χ3v) is 6.54. The number of rotatable bonds is 2. The first-order valence-electron chi connectivity index (χ1n) is 11.3. The minimum absolute atomic E-state index is 0.00536. The van der Waals surface area contributed by atoms with Crippen molar-refractivity contribution in [1.29, 1.82) is 0 Å². The fraction of sp³-hybridized carbons (Fsp3) is 0.417. The van der Waals surface area contributed by atoms with Gasteiger partial charge in [-0.15, -0.1) is 10.2 Å². The molecule has 0 radical (unpaired) electrons. The van der Waals surface area contributed by atoms with Crippen LogP contribution in [0.3, 0.4) is 0 Å². The van der Waals surface area contributed by atoms with Crippen LogP contribution >= 0.6 is 0 Å². The standard InChI is InChI=1S/C24H26F2N6O/c1-17-16-31(23(33)30-11-8-24(25,26)9-12-30)13-14-32(17)22-20-15-27-10-7-19(20)21(28-29-22)18-5-3-2-4-6-18/h2-7,10,15,17H,8-9,11-14,16H2,1H3. The van der Waals surface area contributed by atoms with E-state index in [0.29, 0.717) is 19.6 Å². The van der Waals surface area contributed by atoms with E-state index in [1.807, 2.05) is 49.5 Å². The van der Waals surface area contributed by atoms with Gasteiger partial charge in [-0.3, -0.25) is 4.98 Å². The van der Waals surface area contributed by atoms with Crippen LogP contribution in [0, 0.1) is 0 Å². The first-order valence-corrected chi connectivity index (χ1v) is 11.3. The van der Waals surface area contributed by atoms with E-state index in [-0.39, 0.29) is 38.0 Å². The third kappa shape index (κ3) is 4.19. The highest BCUT2D eigenvalue weighted by Gasteiger charge is 2.38. The summed E-state index contributed by atoms with van der Waals surface area (Å²) in [6.45, 7) is 3.82. The van der Waals surface area contributed by atoms with E-state index in [1.165, 1.54) is 0 Å². The number of aromatic nitrogens is 3. The highest BCUT2D eigenvalue weighted by molar-refractivity contribution is 5.99. The number of amides is 2. The number of nitrogens with zero attached hydrogens (tertiary/aromatic N) is 6. The molecule has 0 bridgehead atoms. The van der Waals surface area contributed by atoms with Gasteiger partial charge in [0, 0.05) is 80.3 Å². The van der Waals surface area contributed by atoms with Crippen LogP contribution < -0.4 is 4.90 Å². The van der Waals surface area contributed by atoms with Crippen LogP contribution in [0.1, 0.15) is 19.8 Å². The van der Waals surface area contributed by atoms with Gasteiger partial charge >= 0.3 is 6.03 Å². The van der Waals surface area contributed by atoms with Crippen molar-refractivity contribution in [1.82, 2.24) is 25.0 Å². The Morgan fingerprint density at radius 3 is 2.45 bits per heavy atom. The van der Waals surface area contributed by atoms with Gasteiger partial charge in [-0.05, 0) is 13.0 Å². The van der Waals surface area contributed by atoms with Crippen LogP contribution in [0.2, 0.25) is 0 Å². The summed E-state index contributed by atoms with van der Waals surface area (Å²) in [5.41, 5.74) is 1.79. The van der Waals surface area contributed by atoms with Crippen LogP contribution in [0.15, 0.2) is 48.8 Å². The zero-order valence-electron chi connectivity index (χ0n) is 18.5. The lowest BCUT2D eigenvalue weighted by molar-refractivity contribution is -0.0493. The minimum Gasteiger partial charge on any atom is -0.348 e. The Balaban J connectivity index is 1.36. The molecule has 0 spiro atoms. The summed E-state index contributed by atoms with van der Waals surface area (Å²) in [4.78, 5) is 22.7. The van der Waals surface area contributed by atoms with Gasteiger partial charge in [-0.1, -0.05) is 30.3 Å². The van der Waals surface area contributed by atoms with E-state index >= 15 is 0 Å². The van der Waals surface area contributed by atoms with Crippen molar-refractivity contribution >= 4 is 22.6 Å². The van der Waals surface area contributed by atoms with Crippen molar-refractivity contribution in [3.05, 3.63) is 48.8 Å². The molecule has 1 unspecified atom stereocenters. The first kappa shape index (κ1) is 21.5. The van der Waals surface area contributed by atoms with Gasteiger partial charge in [0.2, 0.25) is 0 Å². The van der Waals surface area contributed by atoms with Crippen LogP contribution in [-0.4, -0.2) is 75.7 Å². The number of carbonyl (C=O) groups is 1. The molecule has 5 rings (SSSR count). The van der Waals surface area contributed by atoms with Gasteiger partial charge in [0.25, 0.3) is 5.92 Å². The summed E-state index contributed by atoms with van der Waals surface area (Å²) in [5.74, 6) is -1.92. The molecule has 4 heterocycles. The van der Waals surface area contributed by atoms with Crippen molar-refractivity contribution in [3.63, 3.8) is 0 Å². The van der Waals surface area contributed by atoms with Crippen molar-refractivity contribution in [2.24, 2.45) is 0 Å². The van der Waals surface area contributed by atoms with Crippen molar-refractivity contribution < 1.29 is 13.6 Å². The second-order valence-electron chi connectivity index (χ2n) is 8.77. The highest BCUT2D eigenvalue weighted by Crippen LogP contribution is 2.33. The molecular formula is C24H26F2N6O. The molecule has 2 fully saturated rings. The summed E-state index contributed by atoms with van der Waals surface area (Å²) in [7, 11) is 0. The van der Waals surface area contributed by atoms with Crippen molar-refractivity contribution in [2.75, 3.05) is 37.6 Å². The average Bonchev–Trinajstić information content (AvgIpc) is 2.83. The maximum absolute atomic E-state index is 13.5. The zero-order chi connectivity index (χ0) is 23.0. The number of hydrogen-bond donors (Lipinski definition) is 0. The van der Waals surface area contributed by atoms with E-state index in [1.54, 1.807) is 16.0 Å². The molecule has 9 heteroatoms. The second-order valence-corrected chi connectivity index (χ2v) is 8.77. The Hall–Kier alpha value is -3.36. The lowest BCUT2D eigenvalue weighted by Crippen LogP contribution is -2.58. The summed E-state index contributed by atoms with van der Waals surface area (Å²) < 4.78 is 26.9. The molecule has 2 amide bonds. The van der Waals surface area contributed by atoms with Gasteiger partial charge in [0.15, 0.2) is 5.82 Å². The number of hydrogen-bond acceptors (Lipinski definition) is 5. The quantitative estimate of drug-likeness (QED) is 0.587.